The number of hydrogen-bond donors (Lipinski definition) is 0. The summed E-state index contributed by atoms with van der Waals surface area (Å²) in [6, 6.07) is 43.5. The Labute approximate surface area is 384 Å². The van der Waals surface area contributed by atoms with Crippen LogP contribution in [0.15, 0.2) is 146 Å². The maximum absolute atomic E-state index is 12.8. The van der Waals surface area contributed by atoms with Crippen LogP contribution >= 0.6 is 0 Å². The van der Waals surface area contributed by atoms with Gasteiger partial charge in [0.15, 0.2) is 0 Å². The second-order valence-electron chi connectivity index (χ2n) is 13.4. The summed E-state index contributed by atoms with van der Waals surface area (Å²) in [5, 5.41) is 3.86. The van der Waals surface area contributed by atoms with Gasteiger partial charge in [-0.05, 0) is 70.1 Å². The molecule has 16 heteroatoms. The van der Waals surface area contributed by atoms with E-state index < -0.39 is 11.9 Å². The van der Waals surface area contributed by atoms with Crippen molar-refractivity contribution >= 4 is 78.5 Å². The van der Waals surface area contributed by atoms with Gasteiger partial charge in [0.05, 0.1) is 0 Å². The third-order valence-corrected chi connectivity index (χ3v) is 9.45. The molecule has 0 saturated carbocycles. The summed E-state index contributed by atoms with van der Waals surface area (Å²) in [7, 11) is 3.91. The number of aromatic nitrogens is 8. The Balaban J connectivity index is 0.000000123. The average molecular weight is 1180 g/mol. The number of halogens is 2. The molecule has 0 unspecified atom stereocenters. The fourth-order valence-corrected chi connectivity index (χ4v) is 6.74. The molecule has 2 aliphatic heterocycles. The van der Waals surface area contributed by atoms with Gasteiger partial charge in [-0.1, -0.05) is 60.7 Å². The normalized spacial score (nSPS) is 12.3. The fraction of sp³-hybridized carbons (Fsp3) is 0.0435. The van der Waals surface area contributed by atoms with Crippen LogP contribution in [0.25, 0.3) is 43.9 Å². The topological polar surface area (TPSA) is 119 Å². The number of anilines is 6. The second-order valence-corrected chi connectivity index (χ2v) is 13.4. The summed E-state index contributed by atoms with van der Waals surface area (Å²) >= 11 is 0. The van der Waals surface area contributed by atoms with E-state index in [1.165, 1.54) is 12.1 Å². The molecule has 2 aliphatic rings. The Kier molecular flexibility index (Phi) is 13.6. The largest absolute Gasteiger partial charge is 0.487 e. The Morgan fingerprint density at radius 2 is 0.855 bits per heavy atom. The molecule has 6 aromatic heterocycles. The smallest absolute Gasteiger partial charge is 0.143 e. The van der Waals surface area contributed by atoms with Gasteiger partial charge in [0.25, 0.3) is 0 Å². The van der Waals surface area contributed by atoms with Crippen molar-refractivity contribution in [3.63, 3.8) is 0 Å². The van der Waals surface area contributed by atoms with Crippen LogP contribution in [0.3, 0.4) is 0 Å². The van der Waals surface area contributed by atoms with Crippen molar-refractivity contribution in [2.45, 2.75) is 0 Å². The summed E-state index contributed by atoms with van der Waals surface area (Å²) in [5.41, 5.74) is 4.61. The maximum atomic E-state index is 12.8. The first-order valence-corrected chi connectivity index (χ1v) is 18.7. The molecule has 0 aliphatic carbocycles. The van der Waals surface area contributed by atoms with Gasteiger partial charge in [0, 0.05) is 66.9 Å². The van der Waals surface area contributed by atoms with Crippen LogP contribution in [0.2, 0.25) is 0 Å². The first kappa shape index (κ1) is 43.5. The number of hydrogen-bond acceptors (Lipinski definition) is 10. The molecular formula is C46H32F2N12Pt2-6. The van der Waals surface area contributed by atoms with Gasteiger partial charge < -0.3 is 39.5 Å². The molecule has 12 rings (SSSR count). The van der Waals surface area contributed by atoms with Crippen LogP contribution < -0.4 is 29.6 Å². The molecule has 316 valence electrons. The van der Waals surface area contributed by atoms with E-state index in [4.69, 9.17) is 0 Å². The van der Waals surface area contributed by atoms with Crippen molar-refractivity contribution in [3.05, 3.63) is 183 Å². The monoisotopic (exact) mass is 1180 g/mol. The standard InChI is InChI=1S/2C12H10N4.2C11H6FN2.2Pt/c2*1-15-9-16(10-5-3-2-4-6-10)12-11(15)13-7-8-14-12;2*12-10-6-5-8-7-3-1-2-4-9(7)13-11(8)14-10;;/h2*2-5,7-9H,1H3;2*1-6H;;/q2*-2;2*-1;;. The molecule has 0 amide bonds. The summed E-state index contributed by atoms with van der Waals surface area (Å²) in [5.74, 6) is 2.43. The van der Waals surface area contributed by atoms with Crippen LogP contribution in [0.4, 0.5) is 43.4 Å². The Hall–Kier alpha value is -6.62. The quantitative estimate of drug-likeness (QED) is 0.122. The van der Waals surface area contributed by atoms with Gasteiger partial charge in [-0.2, -0.15) is 60.7 Å². The molecule has 0 spiro atoms. The molecule has 0 saturated heterocycles. The summed E-state index contributed by atoms with van der Waals surface area (Å²) in [6.45, 7) is 3.91. The van der Waals surface area contributed by atoms with Crippen molar-refractivity contribution in [1.82, 2.24) is 39.9 Å². The number of fused-ring (bicyclic) bond motifs is 8. The number of pyridine rings is 2. The Morgan fingerprint density at radius 1 is 0.468 bits per heavy atom. The molecule has 10 aromatic rings. The second kappa shape index (κ2) is 19.4. The van der Waals surface area contributed by atoms with Crippen LogP contribution in [0.5, 0.6) is 0 Å². The average Bonchev–Trinajstić information content (AvgIpc) is 4.05. The molecule has 62 heavy (non-hydrogen) atoms. The summed E-state index contributed by atoms with van der Waals surface area (Å²) < 4.78 is 25.6. The van der Waals surface area contributed by atoms with Crippen LogP contribution in [-0.2, 0) is 42.1 Å². The third kappa shape index (κ3) is 9.02. The van der Waals surface area contributed by atoms with E-state index in [2.05, 4.69) is 52.0 Å². The molecule has 8 heterocycles. The van der Waals surface area contributed by atoms with Gasteiger partial charge >= 0.3 is 0 Å². The van der Waals surface area contributed by atoms with Gasteiger partial charge in [0.1, 0.15) is 35.2 Å². The minimum atomic E-state index is -0.486. The predicted molar refractivity (Wildman–Crippen MR) is 229 cm³/mol. The predicted octanol–water partition coefficient (Wildman–Crippen LogP) is 8.93. The van der Waals surface area contributed by atoms with Gasteiger partial charge in [-0.3, -0.25) is 0 Å². The van der Waals surface area contributed by atoms with Crippen molar-refractivity contribution in [2.75, 3.05) is 33.7 Å². The molecule has 4 aromatic carbocycles. The Bertz CT molecular complexity index is 2850. The molecule has 0 radical (unpaired) electrons. The summed E-state index contributed by atoms with van der Waals surface area (Å²) in [4.78, 5) is 41.0. The molecular weight excluding hydrogens is 1150 g/mol. The number of rotatable bonds is 2. The van der Waals surface area contributed by atoms with Crippen molar-refractivity contribution in [3.8, 4) is 0 Å². The first-order chi connectivity index (χ1) is 29.4. The molecule has 0 bridgehead atoms. The van der Waals surface area contributed by atoms with E-state index in [9.17, 15) is 8.78 Å². The van der Waals surface area contributed by atoms with E-state index in [-0.39, 0.29) is 42.1 Å². The zero-order chi connectivity index (χ0) is 41.0. The first-order valence-electron chi connectivity index (χ1n) is 18.7. The number of para-hydroxylation sites is 4. The zero-order valence-corrected chi connectivity index (χ0v) is 37.3. The number of benzene rings is 4. The molecule has 12 nitrogen and oxygen atoms in total. The third-order valence-electron chi connectivity index (χ3n) is 9.45. The van der Waals surface area contributed by atoms with E-state index >= 15 is 0 Å². The van der Waals surface area contributed by atoms with Gasteiger partial charge in [0.2, 0.25) is 0 Å². The van der Waals surface area contributed by atoms with E-state index in [1.807, 2.05) is 144 Å². The van der Waals surface area contributed by atoms with Crippen molar-refractivity contribution in [2.24, 2.45) is 0 Å². The van der Waals surface area contributed by atoms with E-state index in [1.54, 1.807) is 36.9 Å². The van der Waals surface area contributed by atoms with Crippen molar-refractivity contribution < 1.29 is 50.9 Å². The van der Waals surface area contributed by atoms with E-state index in [0.29, 0.717) is 11.3 Å². The Morgan fingerprint density at radius 3 is 1.26 bits per heavy atom. The van der Waals surface area contributed by atoms with Crippen LogP contribution in [-0.4, -0.2) is 44.0 Å². The molecule has 0 atom stereocenters. The molecule has 0 N–H and O–H groups in total. The minimum Gasteiger partial charge on any atom is -0.487 e. The van der Waals surface area contributed by atoms with E-state index in [0.717, 1.165) is 67.2 Å². The van der Waals surface area contributed by atoms with Gasteiger partial charge in [-0.25, -0.2) is 28.7 Å². The fourth-order valence-electron chi connectivity index (χ4n) is 6.74. The van der Waals surface area contributed by atoms with Crippen LogP contribution in [0, 0.1) is 37.4 Å². The van der Waals surface area contributed by atoms with Crippen LogP contribution in [0.1, 0.15) is 0 Å². The number of nitrogens with zero attached hydrogens (tertiary/aromatic N) is 12. The minimum absolute atomic E-state index is 0. The summed E-state index contributed by atoms with van der Waals surface area (Å²) in [6.07, 6.45) is 6.78. The maximum Gasteiger partial charge on any atom is 0.143 e. The molecule has 0 fully saturated rings. The van der Waals surface area contributed by atoms with Gasteiger partial charge in [-0.15, -0.1) is 24.7 Å². The van der Waals surface area contributed by atoms with Crippen molar-refractivity contribution in [1.29, 1.82) is 0 Å². The SMILES string of the molecule is CN1[CH-]N(c2[c-]cccc2)c2nccnc21.CN1[CH-]N(c2[c-]cccc2)c2nccnc21.Fc1ccc2c(n1)[n-]c1ccccc12.Fc1ccc2c(n1)[n-]c1ccccc12.[Pt].[Pt]. The zero-order valence-electron chi connectivity index (χ0n) is 32.8.